The van der Waals surface area contributed by atoms with Crippen LogP contribution in [0.2, 0.25) is 0 Å². The molecule has 232 valence electrons. The van der Waals surface area contributed by atoms with Gasteiger partial charge in [0.15, 0.2) is 0 Å². The second kappa shape index (κ2) is 16.8. The summed E-state index contributed by atoms with van der Waals surface area (Å²) in [6.07, 6.45) is 1.83. The Labute approximate surface area is 248 Å². The molecule has 2 aliphatic rings. The molecule has 2 heterocycles. The van der Waals surface area contributed by atoms with E-state index >= 15 is 0 Å². The highest BCUT2D eigenvalue weighted by molar-refractivity contribution is 7.92. The van der Waals surface area contributed by atoms with Gasteiger partial charge in [-0.1, -0.05) is 36.4 Å². The number of ether oxygens (including phenoxy) is 1. The Morgan fingerprint density at radius 3 is 1.79 bits per heavy atom. The third kappa shape index (κ3) is 11.0. The lowest BCUT2D eigenvalue weighted by Crippen LogP contribution is -2.44. The summed E-state index contributed by atoms with van der Waals surface area (Å²) in [5, 5.41) is 34.6. The number of carbonyl (C=O) groups is 4. The lowest BCUT2D eigenvalue weighted by atomic mass is 9.99. The molecule has 43 heavy (non-hydrogen) atoms. The molecule has 0 aromatic heterocycles. The number of carboxylic acid groups (broad SMARTS) is 4. The van der Waals surface area contributed by atoms with Crippen molar-refractivity contribution in [3.63, 3.8) is 0 Å². The van der Waals surface area contributed by atoms with Crippen LogP contribution in [0.25, 0.3) is 0 Å². The number of fused-ring (bicyclic) bond motifs is 2. The van der Waals surface area contributed by atoms with E-state index in [9.17, 15) is 27.6 Å². The minimum atomic E-state index is -3.61. The van der Waals surface area contributed by atoms with Crippen molar-refractivity contribution in [3.05, 3.63) is 84.0 Å². The molecular weight excluding hydrogens is 586 g/mol. The second-order valence-electron chi connectivity index (χ2n) is 8.93. The van der Waals surface area contributed by atoms with Gasteiger partial charge in [-0.05, 0) is 12.1 Å². The first-order valence-corrected chi connectivity index (χ1v) is 14.3. The summed E-state index contributed by atoms with van der Waals surface area (Å²) in [5.74, 6) is -5.03. The number of aliphatic carboxylic acids is 4. The summed E-state index contributed by atoms with van der Waals surface area (Å²) in [5.41, 5.74) is 2.25. The highest BCUT2D eigenvalue weighted by Crippen LogP contribution is 2.41. The van der Waals surface area contributed by atoms with Crippen LogP contribution in [0.4, 0.5) is 5.69 Å². The van der Waals surface area contributed by atoms with Crippen LogP contribution in [0.15, 0.2) is 77.7 Å². The summed E-state index contributed by atoms with van der Waals surface area (Å²) in [7, 11) is -2.01. The summed E-state index contributed by atoms with van der Waals surface area (Å²) in [4.78, 5) is 40.9. The molecule has 1 atom stereocenters. The lowest BCUT2D eigenvalue weighted by Gasteiger charge is -2.28. The van der Waals surface area contributed by atoms with Gasteiger partial charge < -0.3 is 30.5 Å². The quantitative estimate of drug-likeness (QED) is 0.264. The maximum absolute atomic E-state index is 13.1. The van der Waals surface area contributed by atoms with Crippen molar-refractivity contribution in [1.82, 2.24) is 10.2 Å². The molecule has 0 amide bonds. The van der Waals surface area contributed by atoms with Crippen molar-refractivity contribution >= 4 is 39.6 Å². The lowest BCUT2D eigenvalue weighted by molar-refractivity contribution is -0.134. The number of piperazine rings is 1. The molecule has 5 N–H and O–H groups in total. The molecule has 0 aliphatic carbocycles. The van der Waals surface area contributed by atoms with E-state index in [4.69, 9.17) is 25.2 Å². The second-order valence-corrected chi connectivity index (χ2v) is 10.9. The molecule has 1 unspecified atom stereocenters. The van der Waals surface area contributed by atoms with E-state index in [1.54, 1.807) is 19.2 Å². The van der Waals surface area contributed by atoms with Crippen molar-refractivity contribution in [3.8, 4) is 0 Å². The molecule has 0 bridgehead atoms. The number of hydrogen-bond acceptors (Lipinski definition) is 9. The standard InChI is InChI=1S/C20H25N3O3S.2C4H4O4/c1-22-18-8-4-2-6-16(18)20(26-15-14-23-12-10-21-11-13-23)17-7-3-5-9-19(17)27(22,24)25;2*5-3(6)1-2-4(7)8/h2-9,20-21H,10-15H2,1H3;2*1-2H,(H,5,6)(H,7,8)/b;2*2-1-. The minimum Gasteiger partial charge on any atom is -0.478 e. The van der Waals surface area contributed by atoms with Gasteiger partial charge in [0.1, 0.15) is 6.10 Å². The van der Waals surface area contributed by atoms with Crippen molar-refractivity contribution in [2.45, 2.75) is 11.0 Å². The first-order valence-electron chi connectivity index (χ1n) is 12.8. The molecule has 1 fully saturated rings. The number of sulfonamides is 1. The predicted molar refractivity (Wildman–Crippen MR) is 154 cm³/mol. The van der Waals surface area contributed by atoms with Gasteiger partial charge in [0.25, 0.3) is 10.0 Å². The van der Waals surface area contributed by atoms with E-state index in [-0.39, 0.29) is 0 Å². The fourth-order valence-electron chi connectivity index (χ4n) is 4.07. The summed E-state index contributed by atoms with van der Waals surface area (Å²) >= 11 is 0. The van der Waals surface area contributed by atoms with Crippen LogP contribution < -0.4 is 9.62 Å². The monoisotopic (exact) mass is 619 g/mol. The zero-order chi connectivity index (χ0) is 32.0. The van der Waals surface area contributed by atoms with Crippen LogP contribution in [0.3, 0.4) is 0 Å². The van der Waals surface area contributed by atoms with Gasteiger partial charge >= 0.3 is 23.9 Å². The molecule has 0 spiro atoms. The zero-order valence-electron chi connectivity index (χ0n) is 23.2. The molecule has 0 radical (unpaired) electrons. The van der Waals surface area contributed by atoms with E-state index in [0.717, 1.165) is 38.3 Å². The number of rotatable bonds is 8. The van der Waals surface area contributed by atoms with Gasteiger partial charge in [-0.15, -0.1) is 0 Å². The van der Waals surface area contributed by atoms with Crippen molar-refractivity contribution in [2.75, 3.05) is 50.7 Å². The summed E-state index contributed by atoms with van der Waals surface area (Å²) in [6.45, 7) is 5.41. The van der Waals surface area contributed by atoms with Gasteiger partial charge in [0, 0.05) is 75.2 Å². The number of para-hydroxylation sites is 1. The topological polar surface area (TPSA) is 211 Å². The van der Waals surface area contributed by atoms with Gasteiger partial charge in [0.2, 0.25) is 0 Å². The van der Waals surface area contributed by atoms with Crippen LogP contribution in [-0.2, 0) is 33.9 Å². The fourth-order valence-corrected chi connectivity index (χ4v) is 5.52. The van der Waals surface area contributed by atoms with Gasteiger partial charge in [-0.25, -0.2) is 27.6 Å². The van der Waals surface area contributed by atoms with Crippen LogP contribution in [0.5, 0.6) is 0 Å². The van der Waals surface area contributed by atoms with E-state index in [1.165, 1.54) is 4.31 Å². The number of anilines is 1. The third-order valence-electron chi connectivity index (χ3n) is 6.04. The number of nitrogens with zero attached hydrogens (tertiary/aromatic N) is 2. The van der Waals surface area contributed by atoms with Gasteiger partial charge in [0.05, 0.1) is 17.2 Å². The summed E-state index contributed by atoms with van der Waals surface area (Å²) in [6, 6.07) is 14.7. The maximum atomic E-state index is 13.1. The van der Waals surface area contributed by atoms with E-state index < -0.39 is 40.0 Å². The molecule has 2 aromatic rings. The number of benzene rings is 2. The number of nitrogens with one attached hydrogen (secondary N) is 1. The molecule has 4 rings (SSSR count). The molecule has 2 aliphatic heterocycles. The van der Waals surface area contributed by atoms with Crippen LogP contribution in [0.1, 0.15) is 17.2 Å². The molecule has 0 saturated carbocycles. The maximum Gasteiger partial charge on any atom is 0.328 e. The minimum absolute atomic E-state index is 0.316. The highest BCUT2D eigenvalue weighted by atomic mass is 32.2. The molecular formula is C28H33N3O11S. The Balaban J connectivity index is 0.000000334. The van der Waals surface area contributed by atoms with Crippen molar-refractivity contribution in [1.29, 1.82) is 0 Å². The predicted octanol–water partition coefficient (Wildman–Crippen LogP) is 1.26. The first kappa shape index (κ1) is 34.6. The Morgan fingerprint density at radius 1 is 0.814 bits per heavy atom. The number of hydrogen-bond donors (Lipinski definition) is 5. The molecule has 14 nitrogen and oxygen atoms in total. The SMILES string of the molecule is CN1c2ccccc2C(OCCN2CCNCC2)c2ccccc2S1(=O)=O.O=C(O)/C=C\C(=O)O.O=C(O)/C=C\C(=O)O. The van der Waals surface area contributed by atoms with Crippen molar-refractivity contribution < 1.29 is 52.8 Å². The number of carboxylic acids is 4. The Morgan fingerprint density at radius 2 is 1.28 bits per heavy atom. The average Bonchev–Trinajstić information content (AvgIpc) is 3.04. The van der Waals surface area contributed by atoms with Crippen molar-refractivity contribution in [2.24, 2.45) is 0 Å². The molecule has 2 aromatic carbocycles. The largest absolute Gasteiger partial charge is 0.478 e. The van der Waals surface area contributed by atoms with Crippen LogP contribution in [-0.4, -0.2) is 104 Å². The zero-order valence-corrected chi connectivity index (χ0v) is 24.0. The van der Waals surface area contributed by atoms with Gasteiger partial charge in [-0.3, -0.25) is 9.21 Å². The van der Waals surface area contributed by atoms with E-state index in [1.807, 2.05) is 36.4 Å². The molecule has 1 saturated heterocycles. The Kier molecular flexibility index (Phi) is 13.5. The average molecular weight is 620 g/mol. The summed E-state index contributed by atoms with van der Waals surface area (Å²) < 4.78 is 33.9. The first-order chi connectivity index (χ1) is 20.3. The fraction of sp³-hybridized carbons (Fsp3) is 0.286. The third-order valence-corrected chi connectivity index (χ3v) is 7.88. The van der Waals surface area contributed by atoms with Crippen LogP contribution >= 0.6 is 0 Å². The van der Waals surface area contributed by atoms with E-state index in [2.05, 4.69) is 10.2 Å². The Bertz CT molecular complexity index is 1390. The molecule has 15 heteroatoms. The Hall–Kier alpha value is -4.57. The van der Waals surface area contributed by atoms with Gasteiger partial charge in [-0.2, -0.15) is 0 Å². The smallest absolute Gasteiger partial charge is 0.328 e. The van der Waals surface area contributed by atoms with Crippen LogP contribution in [0, 0.1) is 0 Å². The van der Waals surface area contributed by atoms with E-state index in [0.29, 0.717) is 47.1 Å². The normalized spacial score (nSPS) is 17.3. The highest BCUT2D eigenvalue weighted by Gasteiger charge is 2.35.